The number of nitrogens with one attached hydrogen (secondary N) is 1. The van der Waals surface area contributed by atoms with E-state index in [0.29, 0.717) is 6.42 Å². The summed E-state index contributed by atoms with van der Waals surface area (Å²) >= 11 is 3.31. The van der Waals surface area contributed by atoms with Gasteiger partial charge in [0.15, 0.2) is 0 Å². The molecule has 0 fully saturated rings. The van der Waals surface area contributed by atoms with Crippen LogP contribution in [0.5, 0.6) is 0 Å². The Balaban J connectivity index is 2.48. The van der Waals surface area contributed by atoms with Crippen LogP contribution in [0.15, 0.2) is 40.9 Å². The quantitative estimate of drug-likeness (QED) is 0.825. The second-order valence-corrected chi connectivity index (χ2v) is 3.83. The number of aliphatic hydroxyl groups excluding tert-OH is 1. The summed E-state index contributed by atoms with van der Waals surface area (Å²) in [5, 5.41) is 11.2. The van der Waals surface area contributed by atoms with Gasteiger partial charge in [-0.1, -0.05) is 22.0 Å². The van der Waals surface area contributed by atoms with E-state index in [0.717, 1.165) is 10.2 Å². The summed E-state index contributed by atoms with van der Waals surface area (Å²) in [6.07, 6.45) is 3.54. The molecule has 2 N–H and O–H groups in total. The van der Waals surface area contributed by atoms with E-state index in [4.69, 9.17) is 5.11 Å². The van der Waals surface area contributed by atoms with Crippen LogP contribution >= 0.6 is 15.9 Å². The summed E-state index contributed by atoms with van der Waals surface area (Å²) in [4.78, 5) is 11.3. The van der Waals surface area contributed by atoms with Gasteiger partial charge in [-0.05, 0) is 36.8 Å². The van der Waals surface area contributed by atoms with Gasteiger partial charge in [-0.3, -0.25) is 4.79 Å². The van der Waals surface area contributed by atoms with Crippen LogP contribution < -0.4 is 5.32 Å². The van der Waals surface area contributed by atoms with Crippen molar-refractivity contribution >= 4 is 27.5 Å². The van der Waals surface area contributed by atoms with E-state index in [1.54, 1.807) is 6.08 Å². The van der Waals surface area contributed by atoms with E-state index in [1.807, 2.05) is 24.3 Å². The Morgan fingerprint density at radius 2 is 2.07 bits per heavy atom. The van der Waals surface area contributed by atoms with Crippen molar-refractivity contribution in [2.24, 2.45) is 0 Å². The van der Waals surface area contributed by atoms with Gasteiger partial charge in [0.2, 0.25) is 5.91 Å². The summed E-state index contributed by atoms with van der Waals surface area (Å²) in [6, 6.07) is 7.32. The van der Waals surface area contributed by atoms with Crippen LogP contribution in [0.1, 0.15) is 6.42 Å². The van der Waals surface area contributed by atoms with Gasteiger partial charge in [-0.25, -0.2) is 0 Å². The lowest BCUT2D eigenvalue weighted by Crippen LogP contribution is -2.07. The van der Waals surface area contributed by atoms with E-state index >= 15 is 0 Å². The number of halogens is 1. The molecule has 0 aliphatic carbocycles. The zero-order valence-electron chi connectivity index (χ0n) is 8.11. The van der Waals surface area contributed by atoms with Gasteiger partial charge in [0.25, 0.3) is 0 Å². The number of carbonyl (C=O) groups excluding carboxylic acids is 1. The van der Waals surface area contributed by atoms with Crippen LogP contribution in [-0.4, -0.2) is 17.6 Å². The number of hydrogen-bond donors (Lipinski definition) is 2. The molecule has 4 heteroatoms. The first kappa shape index (κ1) is 11.9. The number of carbonyl (C=O) groups is 1. The molecule has 0 radical (unpaired) electrons. The summed E-state index contributed by atoms with van der Waals surface area (Å²) in [5.74, 6) is -0.189. The Morgan fingerprint density at radius 3 is 2.67 bits per heavy atom. The maximum Gasteiger partial charge on any atom is 0.248 e. The van der Waals surface area contributed by atoms with Crippen molar-refractivity contribution in [3.05, 3.63) is 40.9 Å². The van der Waals surface area contributed by atoms with Crippen molar-refractivity contribution in [3.63, 3.8) is 0 Å². The largest absolute Gasteiger partial charge is 0.396 e. The van der Waals surface area contributed by atoms with Crippen LogP contribution in [0.25, 0.3) is 0 Å². The first-order valence-corrected chi connectivity index (χ1v) is 5.35. The minimum atomic E-state index is -0.189. The zero-order chi connectivity index (χ0) is 11.1. The molecule has 0 aliphatic heterocycles. The van der Waals surface area contributed by atoms with E-state index in [2.05, 4.69) is 21.2 Å². The molecule has 0 aliphatic rings. The Kier molecular flexibility index (Phi) is 5.07. The standard InChI is InChI=1S/C11H12BrNO2/c12-9-4-6-10(7-5-9)13-11(15)3-1-2-8-14/h1,3-7,14H,2,8H2,(H,13,15)/b3-1+. The van der Waals surface area contributed by atoms with Crippen LogP contribution in [0.2, 0.25) is 0 Å². The van der Waals surface area contributed by atoms with Gasteiger partial charge >= 0.3 is 0 Å². The van der Waals surface area contributed by atoms with Gasteiger partial charge in [0.1, 0.15) is 0 Å². The highest BCUT2D eigenvalue weighted by atomic mass is 79.9. The lowest BCUT2D eigenvalue weighted by atomic mass is 10.3. The van der Waals surface area contributed by atoms with E-state index in [9.17, 15) is 4.79 Å². The van der Waals surface area contributed by atoms with Crippen molar-refractivity contribution < 1.29 is 9.90 Å². The number of hydrogen-bond acceptors (Lipinski definition) is 2. The maximum absolute atomic E-state index is 11.3. The van der Waals surface area contributed by atoms with E-state index in [-0.39, 0.29) is 12.5 Å². The van der Waals surface area contributed by atoms with Crippen molar-refractivity contribution in [1.82, 2.24) is 0 Å². The highest BCUT2D eigenvalue weighted by Gasteiger charge is 1.96. The van der Waals surface area contributed by atoms with Crippen LogP contribution in [0.3, 0.4) is 0 Å². The molecule has 1 rings (SSSR count). The van der Waals surface area contributed by atoms with Crippen molar-refractivity contribution in [3.8, 4) is 0 Å². The molecule has 3 nitrogen and oxygen atoms in total. The lowest BCUT2D eigenvalue weighted by molar-refractivity contribution is -0.111. The molecule has 0 spiro atoms. The molecule has 0 aromatic heterocycles. The number of amides is 1. The van der Waals surface area contributed by atoms with Gasteiger partial charge < -0.3 is 10.4 Å². The Morgan fingerprint density at radius 1 is 1.40 bits per heavy atom. The predicted octanol–water partition coefficient (Wildman–Crippen LogP) is 2.33. The third-order valence-electron chi connectivity index (χ3n) is 1.68. The lowest BCUT2D eigenvalue weighted by Gasteiger charge is -2.01. The maximum atomic E-state index is 11.3. The second-order valence-electron chi connectivity index (χ2n) is 2.91. The first-order valence-electron chi connectivity index (χ1n) is 4.56. The third kappa shape index (κ3) is 4.76. The van der Waals surface area contributed by atoms with E-state index < -0.39 is 0 Å². The normalized spacial score (nSPS) is 10.5. The molecule has 0 unspecified atom stereocenters. The molecule has 0 atom stereocenters. The predicted molar refractivity (Wildman–Crippen MR) is 63.6 cm³/mol. The fourth-order valence-electron chi connectivity index (χ4n) is 0.982. The van der Waals surface area contributed by atoms with Gasteiger partial charge in [-0.15, -0.1) is 0 Å². The Bertz CT molecular complexity index is 346. The van der Waals surface area contributed by atoms with Crippen LogP contribution in [0, 0.1) is 0 Å². The summed E-state index contributed by atoms with van der Waals surface area (Å²) in [5.41, 5.74) is 0.747. The summed E-state index contributed by atoms with van der Waals surface area (Å²) in [6.45, 7) is 0.0576. The Labute approximate surface area is 96.9 Å². The fraction of sp³-hybridized carbons (Fsp3) is 0.182. The van der Waals surface area contributed by atoms with Gasteiger partial charge in [0.05, 0.1) is 0 Å². The first-order chi connectivity index (χ1) is 7.22. The zero-order valence-corrected chi connectivity index (χ0v) is 9.70. The molecule has 1 aromatic carbocycles. The topological polar surface area (TPSA) is 49.3 Å². The minimum Gasteiger partial charge on any atom is -0.396 e. The highest BCUT2D eigenvalue weighted by Crippen LogP contribution is 2.13. The molecule has 15 heavy (non-hydrogen) atoms. The molecule has 80 valence electrons. The van der Waals surface area contributed by atoms with Crippen LogP contribution in [-0.2, 0) is 4.79 Å². The molecule has 0 saturated heterocycles. The van der Waals surface area contributed by atoms with Gasteiger partial charge in [0, 0.05) is 16.8 Å². The molecular weight excluding hydrogens is 258 g/mol. The average Bonchev–Trinajstić information content (AvgIpc) is 2.22. The molecule has 0 saturated carbocycles. The molecule has 0 bridgehead atoms. The highest BCUT2D eigenvalue weighted by molar-refractivity contribution is 9.10. The Hall–Kier alpha value is -1.13. The number of anilines is 1. The summed E-state index contributed by atoms with van der Waals surface area (Å²) in [7, 11) is 0. The smallest absolute Gasteiger partial charge is 0.248 e. The van der Waals surface area contributed by atoms with Crippen LogP contribution in [0.4, 0.5) is 5.69 Å². The van der Waals surface area contributed by atoms with Gasteiger partial charge in [-0.2, -0.15) is 0 Å². The minimum absolute atomic E-state index is 0.0576. The SMILES string of the molecule is O=C(/C=C/CCO)Nc1ccc(Br)cc1. The molecular formula is C11H12BrNO2. The average molecular weight is 270 g/mol. The monoisotopic (exact) mass is 269 g/mol. The molecule has 1 amide bonds. The molecule has 0 heterocycles. The fourth-order valence-corrected chi connectivity index (χ4v) is 1.25. The van der Waals surface area contributed by atoms with Crippen molar-refractivity contribution in [2.75, 3.05) is 11.9 Å². The summed E-state index contributed by atoms with van der Waals surface area (Å²) < 4.78 is 0.969. The number of rotatable bonds is 4. The van der Waals surface area contributed by atoms with E-state index in [1.165, 1.54) is 6.08 Å². The number of aliphatic hydroxyl groups is 1. The van der Waals surface area contributed by atoms with Crippen molar-refractivity contribution in [1.29, 1.82) is 0 Å². The van der Waals surface area contributed by atoms with Crippen molar-refractivity contribution in [2.45, 2.75) is 6.42 Å². The number of benzene rings is 1. The third-order valence-corrected chi connectivity index (χ3v) is 2.21. The molecule has 1 aromatic rings. The second kappa shape index (κ2) is 6.37.